The van der Waals surface area contributed by atoms with E-state index >= 15 is 0 Å². The highest BCUT2D eigenvalue weighted by molar-refractivity contribution is 6.01. The molecule has 0 saturated carbocycles. The van der Waals surface area contributed by atoms with Crippen LogP contribution < -0.4 is 0 Å². The third-order valence-corrected chi connectivity index (χ3v) is 5.68. The first-order valence-corrected chi connectivity index (χ1v) is 10.0. The van der Waals surface area contributed by atoms with E-state index in [1.165, 1.54) is 12.1 Å². The second-order valence-electron chi connectivity index (χ2n) is 7.69. The number of benzene rings is 3. The lowest BCUT2D eigenvalue weighted by molar-refractivity contribution is 0.628. The molecular formula is C25H18FN5. The third-order valence-electron chi connectivity index (χ3n) is 5.68. The number of aryl methyl sites for hydroxylation is 1. The monoisotopic (exact) mass is 407 g/mol. The van der Waals surface area contributed by atoms with Crippen LogP contribution in [0.5, 0.6) is 0 Å². The van der Waals surface area contributed by atoms with Gasteiger partial charge in [-0.3, -0.25) is 9.78 Å². The molecule has 6 rings (SSSR count). The normalized spacial score (nSPS) is 11.5. The number of rotatable bonds is 3. The van der Waals surface area contributed by atoms with Crippen LogP contribution in [0.1, 0.15) is 0 Å². The summed E-state index contributed by atoms with van der Waals surface area (Å²) < 4.78 is 15.2. The van der Waals surface area contributed by atoms with Gasteiger partial charge in [0.05, 0.1) is 17.4 Å². The first-order valence-electron chi connectivity index (χ1n) is 10.0. The summed E-state index contributed by atoms with van der Waals surface area (Å²) >= 11 is 0. The molecule has 3 aromatic heterocycles. The second-order valence-corrected chi connectivity index (χ2v) is 7.69. The van der Waals surface area contributed by atoms with E-state index in [2.05, 4.69) is 44.5 Å². The maximum Gasteiger partial charge on any atom is 0.123 e. The van der Waals surface area contributed by atoms with Gasteiger partial charge in [0.2, 0.25) is 0 Å². The van der Waals surface area contributed by atoms with Crippen molar-refractivity contribution < 1.29 is 4.39 Å². The van der Waals surface area contributed by atoms with E-state index in [1.807, 2.05) is 37.6 Å². The first kappa shape index (κ1) is 17.7. The summed E-state index contributed by atoms with van der Waals surface area (Å²) in [5.74, 6) is -0.238. The smallest absolute Gasteiger partial charge is 0.123 e. The molecule has 0 radical (unpaired) electrons. The third kappa shape index (κ3) is 2.92. The second kappa shape index (κ2) is 6.67. The molecule has 150 valence electrons. The molecule has 3 aromatic carbocycles. The van der Waals surface area contributed by atoms with Crippen molar-refractivity contribution in [3.63, 3.8) is 0 Å². The van der Waals surface area contributed by atoms with Crippen molar-refractivity contribution in [2.75, 3.05) is 0 Å². The molecule has 0 bridgehead atoms. The number of fused-ring (bicyclic) bond motifs is 2. The van der Waals surface area contributed by atoms with Gasteiger partial charge in [-0.2, -0.15) is 10.2 Å². The average Bonchev–Trinajstić information content (AvgIpc) is 3.51. The number of nitrogens with zero attached hydrogens (tertiary/aromatic N) is 3. The summed E-state index contributed by atoms with van der Waals surface area (Å²) in [5.41, 5.74) is 7.95. The van der Waals surface area contributed by atoms with Crippen LogP contribution in [0.2, 0.25) is 0 Å². The lowest BCUT2D eigenvalue weighted by atomic mass is 10.0. The van der Waals surface area contributed by atoms with Crippen molar-refractivity contribution in [2.45, 2.75) is 0 Å². The highest BCUT2D eigenvalue weighted by atomic mass is 19.1. The van der Waals surface area contributed by atoms with Crippen molar-refractivity contribution in [3.05, 3.63) is 84.9 Å². The molecule has 6 heteroatoms. The fraction of sp³-hybridized carbons (Fsp3) is 0.0400. The lowest BCUT2D eigenvalue weighted by Crippen LogP contribution is -1.84. The number of hydrogen-bond acceptors (Lipinski definition) is 2. The number of hydrogen-bond donors (Lipinski definition) is 2. The van der Waals surface area contributed by atoms with Gasteiger partial charge in [0.15, 0.2) is 0 Å². The molecule has 0 fully saturated rings. The molecule has 0 aliphatic heterocycles. The predicted octanol–water partition coefficient (Wildman–Crippen LogP) is 5.92. The van der Waals surface area contributed by atoms with Crippen molar-refractivity contribution in [1.29, 1.82) is 0 Å². The summed E-state index contributed by atoms with van der Waals surface area (Å²) in [5, 5.41) is 14.1. The van der Waals surface area contributed by atoms with Gasteiger partial charge in [0.1, 0.15) is 11.5 Å². The van der Waals surface area contributed by atoms with Gasteiger partial charge in [0.25, 0.3) is 0 Å². The van der Waals surface area contributed by atoms with Gasteiger partial charge in [-0.05, 0) is 53.1 Å². The summed E-state index contributed by atoms with van der Waals surface area (Å²) in [4.78, 5) is 3.50. The van der Waals surface area contributed by atoms with E-state index in [0.29, 0.717) is 0 Å². The Bertz CT molecular complexity index is 1550. The average molecular weight is 407 g/mol. The Morgan fingerprint density at radius 1 is 0.839 bits per heavy atom. The highest BCUT2D eigenvalue weighted by Gasteiger charge is 2.14. The van der Waals surface area contributed by atoms with Crippen molar-refractivity contribution in [1.82, 2.24) is 25.0 Å². The van der Waals surface area contributed by atoms with Gasteiger partial charge < -0.3 is 4.98 Å². The van der Waals surface area contributed by atoms with E-state index in [0.717, 1.165) is 55.4 Å². The summed E-state index contributed by atoms with van der Waals surface area (Å²) in [6.07, 6.45) is 3.86. The quantitative estimate of drug-likeness (QED) is 0.383. The Labute approximate surface area is 177 Å². The molecule has 0 saturated heterocycles. The molecule has 0 aliphatic rings. The SMILES string of the molecule is Cn1cc(-c2ccc3[nH]nc(-c4cc5c(-c6ccc(F)cc6)cccc5[nH]4)c3c2)cn1. The number of H-pyrrole nitrogens is 2. The molecule has 5 nitrogen and oxygen atoms in total. The van der Waals surface area contributed by atoms with E-state index in [1.54, 1.807) is 16.8 Å². The van der Waals surface area contributed by atoms with Crippen LogP contribution in [0.25, 0.3) is 55.4 Å². The van der Waals surface area contributed by atoms with Gasteiger partial charge in [0, 0.05) is 35.1 Å². The van der Waals surface area contributed by atoms with Crippen LogP contribution in [0.3, 0.4) is 0 Å². The van der Waals surface area contributed by atoms with E-state index in [9.17, 15) is 4.39 Å². The number of aromatic amines is 2. The molecular weight excluding hydrogens is 389 g/mol. The minimum atomic E-state index is -0.238. The molecule has 2 N–H and O–H groups in total. The molecule has 6 aromatic rings. The molecule has 31 heavy (non-hydrogen) atoms. The minimum absolute atomic E-state index is 0.238. The standard InChI is InChI=1S/C25H18FN5/c1-31-14-17(13-27-31)16-7-10-23-21(11-16)25(30-29-23)24-12-20-19(3-2-4-22(20)28-24)15-5-8-18(26)9-6-15/h2-14,28H,1H3,(H,29,30). The van der Waals surface area contributed by atoms with Crippen LogP contribution in [0, 0.1) is 5.82 Å². The van der Waals surface area contributed by atoms with Crippen LogP contribution in [-0.2, 0) is 7.05 Å². The first-order chi connectivity index (χ1) is 15.2. The highest BCUT2D eigenvalue weighted by Crippen LogP contribution is 2.35. The Morgan fingerprint density at radius 2 is 1.68 bits per heavy atom. The van der Waals surface area contributed by atoms with Crippen molar-refractivity contribution in [2.24, 2.45) is 7.05 Å². The maximum absolute atomic E-state index is 13.4. The molecule has 0 unspecified atom stereocenters. The summed E-state index contributed by atoms with van der Waals surface area (Å²) in [6.45, 7) is 0. The summed E-state index contributed by atoms with van der Waals surface area (Å²) in [6, 6.07) is 21.0. The molecule has 3 heterocycles. The molecule has 0 atom stereocenters. The van der Waals surface area contributed by atoms with E-state index in [-0.39, 0.29) is 5.82 Å². The van der Waals surface area contributed by atoms with Crippen LogP contribution >= 0.6 is 0 Å². The number of aromatic nitrogens is 5. The van der Waals surface area contributed by atoms with Gasteiger partial charge >= 0.3 is 0 Å². The van der Waals surface area contributed by atoms with Crippen LogP contribution in [0.15, 0.2) is 79.1 Å². The van der Waals surface area contributed by atoms with Crippen molar-refractivity contribution in [3.8, 4) is 33.6 Å². The zero-order valence-electron chi connectivity index (χ0n) is 16.7. The molecule has 0 amide bonds. The Hall–Kier alpha value is -4.19. The van der Waals surface area contributed by atoms with E-state index in [4.69, 9.17) is 0 Å². The maximum atomic E-state index is 13.4. The minimum Gasteiger partial charge on any atom is -0.353 e. The molecule has 0 spiro atoms. The Kier molecular flexibility index (Phi) is 3.80. The summed E-state index contributed by atoms with van der Waals surface area (Å²) in [7, 11) is 1.91. The van der Waals surface area contributed by atoms with E-state index < -0.39 is 0 Å². The van der Waals surface area contributed by atoms with Crippen molar-refractivity contribution >= 4 is 21.8 Å². The lowest BCUT2D eigenvalue weighted by Gasteiger charge is -2.03. The fourth-order valence-electron chi connectivity index (χ4n) is 4.13. The Morgan fingerprint density at radius 3 is 2.48 bits per heavy atom. The fourth-order valence-corrected chi connectivity index (χ4v) is 4.13. The topological polar surface area (TPSA) is 62.3 Å². The Balaban J connectivity index is 1.50. The number of halogens is 1. The number of nitrogens with one attached hydrogen (secondary N) is 2. The van der Waals surface area contributed by atoms with Gasteiger partial charge in [-0.25, -0.2) is 4.39 Å². The zero-order chi connectivity index (χ0) is 20.9. The van der Waals surface area contributed by atoms with Crippen LogP contribution in [0.4, 0.5) is 4.39 Å². The van der Waals surface area contributed by atoms with Gasteiger partial charge in [-0.1, -0.05) is 30.3 Å². The largest absolute Gasteiger partial charge is 0.353 e. The predicted molar refractivity (Wildman–Crippen MR) is 121 cm³/mol. The molecule has 0 aliphatic carbocycles. The van der Waals surface area contributed by atoms with Gasteiger partial charge in [-0.15, -0.1) is 0 Å². The van der Waals surface area contributed by atoms with Crippen LogP contribution in [-0.4, -0.2) is 25.0 Å². The zero-order valence-corrected chi connectivity index (χ0v) is 16.7.